The summed E-state index contributed by atoms with van der Waals surface area (Å²) >= 11 is 0. The highest BCUT2D eigenvalue weighted by molar-refractivity contribution is 6.23. The number of fused-ring (bicyclic) bond motifs is 4. The summed E-state index contributed by atoms with van der Waals surface area (Å²) in [6, 6.07) is 22.5. The van der Waals surface area contributed by atoms with Crippen LogP contribution in [0.1, 0.15) is 34.7 Å². The molecule has 4 heteroatoms. The van der Waals surface area contributed by atoms with Crippen molar-refractivity contribution in [2.45, 2.75) is 12.3 Å². The van der Waals surface area contributed by atoms with Crippen molar-refractivity contribution in [3.8, 4) is 0 Å². The van der Waals surface area contributed by atoms with Gasteiger partial charge in [0.1, 0.15) is 5.41 Å². The van der Waals surface area contributed by atoms with E-state index in [9.17, 15) is 14.9 Å². The molecule has 140 valence electrons. The fourth-order valence-corrected chi connectivity index (χ4v) is 4.81. The van der Waals surface area contributed by atoms with Crippen molar-refractivity contribution in [1.29, 1.82) is 0 Å². The lowest BCUT2D eigenvalue weighted by atomic mass is 9.63. The molecule has 5 rings (SSSR count). The Morgan fingerprint density at radius 2 is 1.59 bits per heavy atom. The molecule has 29 heavy (non-hydrogen) atoms. The summed E-state index contributed by atoms with van der Waals surface area (Å²) in [4.78, 5) is 24.8. The highest BCUT2D eigenvalue weighted by atomic mass is 16.6. The Morgan fingerprint density at radius 1 is 0.862 bits per heavy atom. The van der Waals surface area contributed by atoms with Crippen LogP contribution in [0.2, 0.25) is 0 Å². The highest BCUT2D eigenvalue weighted by Gasteiger charge is 2.52. The number of hydrogen-bond donors (Lipinski definition) is 0. The van der Waals surface area contributed by atoms with E-state index in [0.29, 0.717) is 5.56 Å². The highest BCUT2D eigenvalue weighted by Crippen LogP contribution is 2.57. The standard InChI is InChI=1S/C25H17NO3/c1-16-20-13-12-19(26(28)29)15-22(20)25(24(16)18-8-3-2-4-9-18)21-10-6-5-7-17(21)11-14-23(25)27/h2-15H,1H3. The Morgan fingerprint density at radius 3 is 2.34 bits per heavy atom. The fraction of sp³-hybridized carbons (Fsp3) is 0.0800. The second-order valence-electron chi connectivity index (χ2n) is 7.39. The maximum absolute atomic E-state index is 13.7. The lowest BCUT2D eigenvalue weighted by Crippen LogP contribution is -2.38. The van der Waals surface area contributed by atoms with Gasteiger partial charge < -0.3 is 0 Å². The molecular weight excluding hydrogens is 362 g/mol. The van der Waals surface area contributed by atoms with E-state index in [4.69, 9.17) is 0 Å². The smallest absolute Gasteiger partial charge is 0.269 e. The third-order valence-electron chi connectivity index (χ3n) is 5.98. The first kappa shape index (κ1) is 17.3. The Kier molecular flexibility index (Phi) is 3.65. The van der Waals surface area contributed by atoms with Crippen LogP contribution in [-0.4, -0.2) is 10.7 Å². The van der Waals surface area contributed by atoms with Crippen molar-refractivity contribution in [3.05, 3.63) is 117 Å². The molecule has 4 nitrogen and oxygen atoms in total. The summed E-state index contributed by atoms with van der Waals surface area (Å²) in [5.74, 6) is -0.0753. The molecule has 0 saturated carbocycles. The van der Waals surface area contributed by atoms with Crippen molar-refractivity contribution in [1.82, 2.24) is 0 Å². The molecule has 0 aromatic heterocycles. The summed E-state index contributed by atoms with van der Waals surface area (Å²) in [5.41, 5.74) is 5.11. The summed E-state index contributed by atoms with van der Waals surface area (Å²) in [7, 11) is 0. The van der Waals surface area contributed by atoms with Crippen LogP contribution in [0.15, 0.2) is 78.9 Å². The second-order valence-corrected chi connectivity index (χ2v) is 7.39. The van der Waals surface area contributed by atoms with Crippen molar-refractivity contribution in [2.24, 2.45) is 0 Å². The van der Waals surface area contributed by atoms with E-state index < -0.39 is 10.3 Å². The fourth-order valence-electron chi connectivity index (χ4n) is 4.81. The molecule has 0 fully saturated rings. The van der Waals surface area contributed by atoms with Gasteiger partial charge in [0.2, 0.25) is 0 Å². The van der Waals surface area contributed by atoms with E-state index in [-0.39, 0.29) is 11.5 Å². The number of hydrogen-bond acceptors (Lipinski definition) is 3. The number of nitro benzene ring substituents is 1. The quantitative estimate of drug-likeness (QED) is 0.441. The van der Waals surface area contributed by atoms with E-state index in [0.717, 1.165) is 33.4 Å². The first-order valence-electron chi connectivity index (χ1n) is 9.43. The number of nitro groups is 1. The largest absolute Gasteiger partial charge is 0.293 e. The van der Waals surface area contributed by atoms with Crippen LogP contribution in [0.3, 0.4) is 0 Å². The number of carbonyl (C=O) groups excluding carboxylic acids is 1. The monoisotopic (exact) mass is 379 g/mol. The summed E-state index contributed by atoms with van der Waals surface area (Å²) in [6.07, 6.45) is 3.43. The average Bonchev–Trinajstić information content (AvgIpc) is 3.01. The lowest BCUT2D eigenvalue weighted by molar-refractivity contribution is -0.384. The van der Waals surface area contributed by atoms with E-state index in [1.807, 2.05) is 67.6 Å². The van der Waals surface area contributed by atoms with Crippen molar-refractivity contribution < 1.29 is 9.72 Å². The topological polar surface area (TPSA) is 60.2 Å². The third kappa shape index (κ3) is 2.23. The summed E-state index contributed by atoms with van der Waals surface area (Å²) in [5, 5.41) is 11.5. The molecular formula is C25H17NO3. The SMILES string of the molecule is CC1=C(c2ccccc2)C2(C(=O)C=Cc3ccccc32)c2cc([N+](=O)[O-])ccc21. The van der Waals surface area contributed by atoms with Crippen LogP contribution >= 0.6 is 0 Å². The van der Waals surface area contributed by atoms with Gasteiger partial charge in [0.25, 0.3) is 5.69 Å². The number of rotatable bonds is 2. The van der Waals surface area contributed by atoms with Crippen LogP contribution in [0.25, 0.3) is 17.2 Å². The lowest BCUT2D eigenvalue weighted by Gasteiger charge is -2.36. The number of non-ortho nitro benzene ring substituents is 1. The van der Waals surface area contributed by atoms with Crippen LogP contribution < -0.4 is 0 Å². The van der Waals surface area contributed by atoms with Crippen LogP contribution in [0.5, 0.6) is 0 Å². The van der Waals surface area contributed by atoms with Gasteiger partial charge in [-0.3, -0.25) is 14.9 Å². The van der Waals surface area contributed by atoms with Gasteiger partial charge >= 0.3 is 0 Å². The second kappa shape index (κ2) is 6.11. The van der Waals surface area contributed by atoms with Crippen molar-refractivity contribution in [3.63, 3.8) is 0 Å². The minimum Gasteiger partial charge on any atom is -0.293 e. The van der Waals surface area contributed by atoms with Gasteiger partial charge in [-0.25, -0.2) is 0 Å². The maximum Gasteiger partial charge on any atom is 0.269 e. The zero-order valence-electron chi connectivity index (χ0n) is 15.8. The van der Waals surface area contributed by atoms with E-state index >= 15 is 0 Å². The Hall–Kier alpha value is -3.79. The molecule has 0 N–H and O–H groups in total. The normalized spacial score (nSPS) is 19.4. The summed E-state index contributed by atoms with van der Waals surface area (Å²) < 4.78 is 0. The molecule has 0 saturated heterocycles. The molecule has 1 unspecified atom stereocenters. The van der Waals surface area contributed by atoms with E-state index in [2.05, 4.69) is 0 Å². The first-order valence-corrected chi connectivity index (χ1v) is 9.43. The predicted molar refractivity (Wildman–Crippen MR) is 113 cm³/mol. The minimum atomic E-state index is -1.09. The molecule has 0 heterocycles. The number of nitrogens with zero attached hydrogens (tertiary/aromatic N) is 1. The zero-order chi connectivity index (χ0) is 20.2. The Balaban J connectivity index is 1.94. The molecule has 3 aromatic carbocycles. The predicted octanol–water partition coefficient (Wildman–Crippen LogP) is 5.42. The van der Waals surface area contributed by atoms with Crippen molar-refractivity contribution in [2.75, 3.05) is 0 Å². The molecule has 2 aliphatic carbocycles. The van der Waals surface area contributed by atoms with Crippen LogP contribution in [0.4, 0.5) is 5.69 Å². The Labute approximate surface area is 168 Å². The number of ketones is 1. The number of benzene rings is 3. The average molecular weight is 379 g/mol. The van der Waals surface area contributed by atoms with Crippen LogP contribution in [0, 0.1) is 10.1 Å². The minimum absolute atomic E-state index is 0.00919. The molecule has 3 aromatic rings. The summed E-state index contributed by atoms with van der Waals surface area (Å²) in [6.45, 7) is 2.00. The molecule has 0 aliphatic heterocycles. The number of allylic oxidation sites excluding steroid dienone is 3. The first-order chi connectivity index (χ1) is 14.0. The van der Waals surface area contributed by atoms with Gasteiger partial charge in [0.05, 0.1) is 4.92 Å². The molecule has 1 spiro atoms. The van der Waals surface area contributed by atoms with Crippen LogP contribution in [-0.2, 0) is 10.2 Å². The van der Waals surface area contributed by atoms with Gasteiger partial charge in [-0.2, -0.15) is 0 Å². The third-order valence-corrected chi connectivity index (χ3v) is 5.98. The van der Waals surface area contributed by atoms with Gasteiger partial charge in [0.15, 0.2) is 5.78 Å². The van der Waals surface area contributed by atoms with E-state index in [1.165, 1.54) is 6.07 Å². The molecule has 0 radical (unpaired) electrons. The van der Waals surface area contributed by atoms with E-state index in [1.54, 1.807) is 18.2 Å². The Bertz CT molecular complexity index is 1250. The molecule has 1 atom stereocenters. The van der Waals surface area contributed by atoms with Gasteiger partial charge in [0, 0.05) is 12.1 Å². The number of carbonyl (C=O) groups is 1. The molecule has 0 amide bonds. The molecule has 2 aliphatic rings. The van der Waals surface area contributed by atoms with Gasteiger partial charge in [-0.1, -0.05) is 60.7 Å². The van der Waals surface area contributed by atoms with Crippen molar-refractivity contribution >= 4 is 28.7 Å². The van der Waals surface area contributed by atoms with Gasteiger partial charge in [-0.15, -0.1) is 0 Å². The van der Waals surface area contributed by atoms with Gasteiger partial charge in [-0.05, 0) is 58.0 Å². The zero-order valence-corrected chi connectivity index (χ0v) is 15.8. The molecule has 0 bridgehead atoms. The maximum atomic E-state index is 13.7.